The number of carbonyl (C=O) groups excluding carboxylic acids is 2. The van der Waals surface area contributed by atoms with Gasteiger partial charge >= 0.3 is 0 Å². The van der Waals surface area contributed by atoms with Crippen molar-refractivity contribution in [3.63, 3.8) is 0 Å². The molecule has 0 aliphatic heterocycles. The molecule has 0 radical (unpaired) electrons. The summed E-state index contributed by atoms with van der Waals surface area (Å²) in [4.78, 5) is 22.8. The molecule has 0 fully saturated rings. The van der Waals surface area contributed by atoms with Gasteiger partial charge in [-0.2, -0.15) is 0 Å². The molecule has 5 N–H and O–H groups in total. The summed E-state index contributed by atoms with van der Waals surface area (Å²) in [5, 5.41) is 2.85. The van der Waals surface area contributed by atoms with Crippen LogP contribution in [-0.2, 0) is 16.0 Å². The summed E-state index contributed by atoms with van der Waals surface area (Å²) in [6, 6.07) is 7.12. The number of anilines is 1. The second kappa shape index (κ2) is 8.42. The lowest BCUT2D eigenvalue weighted by Crippen LogP contribution is -2.23. The zero-order valence-electron chi connectivity index (χ0n) is 12.8. The minimum atomic E-state index is -0.369. The molecule has 0 saturated heterocycles. The summed E-state index contributed by atoms with van der Waals surface area (Å²) in [6.45, 7) is 4.76. The molecule has 0 saturated carbocycles. The maximum atomic E-state index is 12.0. The van der Waals surface area contributed by atoms with Gasteiger partial charge in [-0.05, 0) is 42.5 Å². The molecule has 5 nitrogen and oxygen atoms in total. The van der Waals surface area contributed by atoms with Crippen molar-refractivity contribution in [2.75, 3.05) is 11.9 Å². The van der Waals surface area contributed by atoms with Gasteiger partial charge in [-0.25, -0.2) is 0 Å². The molecule has 0 aliphatic carbocycles. The van der Waals surface area contributed by atoms with Gasteiger partial charge in [0.15, 0.2) is 0 Å². The van der Waals surface area contributed by atoms with Gasteiger partial charge in [0, 0.05) is 12.1 Å². The Morgan fingerprint density at radius 2 is 1.81 bits per heavy atom. The van der Waals surface area contributed by atoms with Crippen molar-refractivity contribution in [3.8, 4) is 0 Å². The van der Waals surface area contributed by atoms with Crippen molar-refractivity contribution in [1.29, 1.82) is 0 Å². The van der Waals surface area contributed by atoms with Gasteiger partial charge in [0.2, 0.25) is 11.8 Å². The predicted molar refractivity (Wildman–Crippen MR) is 84.6 cm³/mol. The third-order valence-corrected chi connectivity index (χ3v) is 3.23. The van der Waals surface area contributed by atoms with Crippen LogP contribution in [0, 0.1) is 11.8 Å². The Bertz CT molecular complexity index is 469. The average Bonchev–Trinajstić information content (AvgIpc) is 2.39. The van der Waals surface area contributed by atoms with E-state index in [2.05, 4.69) is 19.2 Å². The number of carbonyl (C=O) groups is 2. The fraction of sp³-hybridized carbons (Fsp3) is 0.500. The first-order valence-electron chi connectivity index (χ1n) is 7.27. The lowest BCUT2D eigenvalue weighted by molar-refractivity contribution is -0.118. The van der Waals surface area contributed by atoms with Crippen LogP contribution in [0.3, 0.4) is 0 Å². The van der Waals surface area contributed by atoms with Crippen LogP contribution < -0.4 is 16.8 Å². The number of rotatable bonds is 8. The summed E-state index contributed by atoms with van der Waals surface area (Å²) in [7, 11) is 0. The molecule has 0 unspecified atom stereocenters. The van der Waals surface area contributed by atoms with E-state index >= 15 is 0 Å². The second-order valence-corrected chi connectivity index (χ2v) is 5.82. The van der Waals surface area contributed by atoms with Crippen molar-refractivity contribution in [1.82, 2.24) is 0 Å². The van der Waals surface area contributed by atoms with E-state index in [0.717, 1.165) is 12.0 Å². The molecule has 0 bridgehead atoms. The molecule has 0 spiro atoms. The summed E-state index contributed by atoms with van der Waals surface area (Å²) >= 11 is 0. The second-order valence-electron chi connectivity index (χ2n) is 5.82. The standard InChI is InChI=1S/C16H25N3O2/c1-11(2)7-13(10-17)9-16(21)19-14-5-3-12(4-6-14)8-15(18)20/h3-6,11,13H,7-10,17H2,1-2H3,(H2,18,20)(H,19,21)/t13-/m0/s1. The first kappa shape index (κ1) is 17.2. The van der Waals surface area contributed by atoms with E-state index in [1.165, 1.54) is 0 Å². The highest BCUT2D eigenvalue weighted by atomic mass is 16.1. The zero-order chi connectivity index (χ0) is 15.8. The Labute approximate surface area is 126 Å². The van der Waals surface area contributed by atoms with Crippen LogP contribution in [0.4, 0.5) is 5.69 Å². The molecule has 116 valence electrons. The van der Waals surface area contributed by atoms with E-state index in [-0.39, 0.29) is 24.2 Å². The van der Waals surface area contributed by atoms with Crippen molar-refractivity contribution in [2.45, 2.75) is 33.1 Å². The molecule has 0 aromatic heterocycles. The maximum Gasteiger partial charge on any atom is 0.224 e. The molecular formula is C16H25N3O2. The molecule has 0 aliphatic rings. The Kier molecular flexibility index (Phi) is 6.88. The van der Waals surface area contributed by atoms with Crippen LogP contribution in [0.25, 0.3) is 0 Å². The number of nitrogens with one attached hydrogen (secondary N) is 1. The first-order chi connectivity index (χ1) is 9.90. The number of hydrogen-bond acceptors (Lipinski definition) is 3. The van der Waals surface area contributed by atoms with Gasteiger partial charge < -0.3 is 16.8 Å². The Hall–Kier alpha value is -1.88. The fourth-order valence-corrected chi connectivity index (χ4v) is 2.31. The Balaban J connectivity index is 2.52. The Morgan fingerprint density at radius 1 is 1.19 bits per heavy atom. The molecular weight excluding hydrogens is 266 g/mol. The summed E-state index contributed by atoms with van der Waals surface area (Å²) in [5.41, 5.74) is 12.4. The highest BCUT2D eigenvalue weighted by molar-refractivity contribution is 5.90. The number of benzene rings is 1. The Morgan fingerprint density at radius 3 is 2.29 bits per heavy atom. The molecule has 1 rings (SSSR count). The van der Waals surface area contributed by atoms with E-state index in [1.54, 1.807) is 24.3 Å². The quantitative estimate of drug-likeness (QED) is 0.679. The third-order valence-electron chi connectivity index (χ3n) is 3.23. The highest BCUT2D eigenvalue weighted by Crippen LogP contribution is 2.16. The number of nitrogens with two attached hydrogens (primary N) is 2. The van der Waals surface area contributed by atoms with Crippen molar-refractivity contribution < 1.29 is 9.59 Å². The van der Waals surface area contributed by atoms with Gasteiger partial charge in [0.25, 0.3) is 0 Å². The number of hydrogen-bond donors (Lipinski definition) is 3. The van der Waals surface area contributed by atoms with E-state index in [9.17, 15) is 9.59 Å². The van der Waals surface area contributed by atoms with Crippen LogP contribution in [0.5, 0.6) is 0 Å². The summed E-state index contributed by atoms with van der Waals surface area (Å²) in [5.74, 6) is 0.332. The van der Waals surface area contributed by atoms with E-state index < -0.39 is 0 Å². The van der Waals surface area contributed by atoms with Crippen LogP contribution in [-0.4, -0.2) is 18.4 Å². The third kappa shape index (κ3) is 6.90. The van der Waals surface area contributed by atoms with E-state index in [1.807, 2.05) is 0 Å². The fourth-order valence-electron chi connectivity index (χ4n) is 2.31. The van der Waals surface area contributed by atoms with Gasteiger partial charge in [-0.15, -0.1) is 0 Å². The van der Waals surface area contributed by atoms with E-state index in [4.69, 9.17) is 11.5 Å². The van der Waals surface area contributed by atoms with Crippen molar-refractivity contribution in [2.24, 2.45) is 23.3 Å². The number of primary amides is 1. The molecule has 1 aromatic rings. The lowest BCUT2D eigenvalue weighted by atomic mass is 9.94. The largest absolute Gasteiger partial charge is 0.369 e. The van der Waals surface area contributed by atoms with Gasteiger partial charge in [-0.3, -0.25) is 9.59 Å². The van der Waals surface area contributed by atoms with Crippen LogP contribution in [0.2, 0.25) is 0 Å². The molecule has 1 atom stereocenters. The van der Waals surface area contributed by atoms with Crippen molar-refractivity contribution >= 4 is 17.5 Å². The minimum absolute atomic E-state index is 0.0336. The average molecular weight is 291 g/mol. The van der Waals surface area contributed by atoms with Crippen molar-refractivity contribution in [3.05, 3.63) is 29.8 Å². The molecule has 0 heterocycles. The van der Waals surface area contributed by atoms with E-state index in [0.29, 0.717) is 24.6 Å². The van der Waals surface area contributed by atoms with Crippen LogP contribution in [0.15, 0.2) is 24.3 Å². The summed E-state index contributed by atoms with van der Waals surface area (Å²) in [6.07, 6.45) is 1.58. The lowest BCUT2D eigenvalue weighted by Gasteiger charge is -2.16. The number of amides is 2. The molecule has 5 heteroatoms. The molecule has 2 amide bonds. The summed E-state index contributed by atoms with van der Waals surface area (Å²) < 4.78 is 0. The van der Waals surface area contributed by atoms with Gasteiger partial charge in [0.1, 0.15) is 0 Å². The first-order valence-corrected chi connectivity index (χ1v) is 7.27. The zero-order valence-corrected chi connectivity index (χ0v) is 12.8. The minimum Gasteiger partial charge on any atom is -0.369 e. The highest BCUT2D eigenvalue weighted by Gasteiger charge is 2.14. The van der Waals surface area contributed by atoms with Gasteiger partial charge in [0.05, 0.1) is 6.42 Å². The topological polar surface area (TPSA) is 98.2 Å². The predicted octanol–water partition coefficient (Wildman–Crippen LogP) is 1.66. The SMILES string of the molecule is CC(C)C[C@H](CN)CC(=O)Nc1ccc(CC(N)=O)cc1. The monoisotopic (exact) mass is 291 g/mol. The molecule has 1 aromatic carbocycles. The normalized spacial score (nSPS) is 12.2. The molecule has 21 heavy (non-hydrogen) atoms. The maximum absolute atomic E-state index is 12.0. The van der Waals surface area contributed by atoms with Crippen LogP contribution >= 0.6 is 0 Å². The van der Waals surface area contributed by atoms with Gasteiger partial charge in [-0.1, -0.05) is 26.0 Å². The van der Waals surface area contributed by atoms with Crippen LogP contribution in [0.1, 0.15) is 32.3 Å². The smallest absolute Gasteiger partial charge is 0.224 e.